The Balaban J connectivity index is 0.00000147. The standard InChI is InChI=1S/C15H13BrN2S.BrH/c1-18-13-4-2-3-5-14(13)19-15(18)17-10-11-6-8-12(16)9-7-11;/h2-9H,10H2,1H3;1H/p-1. The van der Waals surface area contributed by atoms with E-state index in [2.05, 4.69) is 76.1 Å². The summed E-state index contributed by atoms with van der Waals surface area (Å²) in [6.45, 7) is 0.716. The van der Waals surface area contributed by atoms with Gasteiger partial charge in [-0.25, -0.2) is 0 Å². The van der Waals surface area contributed by atoms with Crippen molar-refractivity contribution in [1.82, 2.24) is 4.57 Å². The van der Waals surface area contributed by atoms with Crippen LogP contribution in [0.15, 0.2) is 58.0 Å². The van der Waals surface area contributed by atoms with Gasteiger partial charge in [-0.05, 0) is 29.8 Å². The number of aromatic nitrogens is 1. The molecule has 0 aliphatic rings. The molecule has 0 saturated heterocycles. The zero-order valence-corrected chi connectivity index (χ0v) is 14.9. The first-order valence-electron chi connectivity index (χ1n) is 6.03. The van der Waals surface area contributed by atoms with E-state index < -0.39 is 0 Å². The Labute approximate surface area is 140 Å². The van der Waals surface area contributed by atoms with E-state index in [4.69, 9.17) is 4.99 Å². The fourth-order valence-electron chi connectivity index (χ4n) is 1.98. The summed E-state index contributed by atoms with van der Waals surface area (Å²) in [5, 5.41) is 0. The van der Waals surface area contributed by atoms with Crippen molar-refractivity contribution in [2.45, 2.75) is 6.54 Å². The molecule has 1 heterocycles. The highest BCUT2D eigenvalue weighted by Gasteiger charge is 2.00. The first kappa shape index (κ1) is 15.5. The fourth-order valence-corrected chi connectivity index (χ4v) is 3.26. The molecule has 104 valence electrons. The van der Waals surface area contributed by atoms with Crippen molar-refractivity contribution < 1.29 is 17.0 Å². The van der Waals surface area contributed by atoms with Crippen LogP contribution in [0.3, 0.4) is 0 Å². The molecule has 0 saturated carbocycles. The SMILES string of the molecule is Cn1c(=NCc2ccc(Br)cc2)sc2ccccc21.[Br-]. The van der Waals surface area contributed by atoms with Crippen molar-refractivity contribution in [3.05, 3.63) is 63.4 Å². The maximum Gasteiger partial charge on any atom is 0.185 e. The number of aryl methyl sites for hydroxylation is 1. The summed E-state index contributed by atoms with van der Waals surface area (Å²) >= 11 is 5.18. The van der Waals surface area contributed by atoms with E-state index in [1.54, 1.807) is 11.3 Å². The van der Waals surface area contributed by atoms with Gasteiger partial charge in [0.15, 0.2) is 4.80 Å². The molecule has 0 N–H and O–H groups in total. The smallest absolute Gasteiger partial charge is 0.185 e. The van der Waals surface area contributed by atoms with Crippen LogP contribution in [0.5, 0.6) is 0 Å². The molecular formula is C15H13Br2N2S-. The van der Waals surface area contributed by atoms with E-state index in [0.29, 0.717) is 6.54 Å². The summed E-state index contributed by atoms with van der Waals surface area (Å²) in [7, 11) is 2.07. The minimum atomic E-state index is 0. The van der Waals surface area contributed by atoms with Gasteiger partial charge in [0.05, 0.1) is 16.8 Å². The lowest BCUT2D eigenvalue weighted by atomic mass is 10.2. The molecule has 20 heavy (non-hydrogen) atoms. The van der Waals surface area contributed by atoms with Crippen LogP contribution in [-0.2, 0) is 13.6 Å². The van der Waals surface area contributed by atoms with Gasteiger partial charge in [0, 0.05) is 11.5 Å². The molecule has 0 spiro atoms. The highest BCUT2D eigenvalue weighted by Crippen LogP contribution is 2.15. The lowest BCUT2D eigenvalue weighted by molar-refractivity contribution is -0.00000365. The summed E-state index contributed by atoms with van der Waals surface area (Å²) in [5.74, 6) is 0. The number of rotatable bonds is 2. The summed E-state index contributed by atoms with van der Waals surface area (Å²) in [6, 6.07) is 16.7. The number of benzene rings is 2. The third kappa shape index (κ3) is 3.22. The fraction of sp³-hybridized carbons (Fsp3) is 0.133. The van der Waals surface area contributed by atoms with Crippen molar-refractivity contribution >= 4 is 37.5 Å². The van der Waals surface area contributed by atoms with Crippen LogP contribution in [0.25, 0.3) is 10.2 Å². The van der Waals surface area contributed by atoms with Crippen molar-refractivity contribution in [1.29, 1.82) is 0 Å². The van der Waals surface area contributed by atoms with E-state index >= 15 is 0 Å². The number of thiazole rings is 1. The van der Waals surface area contributed by atoms with Crippen molar-refractivity contribution in [3.8, 4) is 0 Å². The average Bonchev–Trinajstić information content (AvgIpc) is 2.76. The second-order valence-corrected chi connectivity index (χ2v) is 6.28. The molecule has 0 fully saturated rings. The molecule has 0 aliphatic heterocycles. The van der Waals surface area contributed by atoms with Gasteiger partial charge >= 0.3 is 0 Å². The van der Waals surface area contributed by atoms with Crippen LogP contribution < -0.4 is 21.8 Å². The molecule has 0 atom stereocenters. The largest absolute Gasteiger partial charge is 1.00 e. The maximum atomic E-state index is 4.71. The Kier molecular flexibility index (Phi) is 5.18. The zero-order valence-electron chi connectivity index (χ0n) is 10.9. The van der Waals surface area contributed by atoms with Gasteiger partial charge in [-0.2, -0.15) is 0 Å². The minimum Gasteiger partial charge on any atom is -1.00 e. The van der Waals surface area contributed by atoms with Crippen LogP contribution >= 0.6 is 27.3 Å². The highest BCUT2D eigenvalue weighted by atomic mass is 79.9. The van der Waals surface area contributed by atoms with Gasteiger partial charge < -0.3 is 21.5 Å². The molecule has 0 radical (unpaired) electrons. The van der Waals surface area contributed by atoms with Crippen LogP contribution in [-0.4, -0.2) is 4.57 Å². The van der Waals surface area contributed by atoms with Crippen molar-refractivity contribution in [3.63, 3.8) is 0 Å². The summed E-state index contributed by atoms with van der Waals surface area (Å²) in [5.41, 5.74) is 2.46. The number of hydrogen-bond donors (Lipinski definition) is 0. The predicted molar refractivity (Wildman–Crippen MR) is 84.2 cm³/mol. The quantitative estimate of drug-likeness (QED) is 0.599. The maximum absolute atomic E-state index is 4.71. The van der Waals surface area contributed by atoms with E-state index in [1.807, 2.05) is 0 Å². The van der Waals surface area contributed by atoms with E-state index in [9.17, 15) is 0 Å². The molecule has 5 heteroatoms. The van der Waals surface area contributed by atoms with Crippen molar-refractivity contribution in [2.75, 3.05) is 0 Å². The number of nitrogens with zero attached hydrogens (tertiary/aromatic N) is 2. The molecule has 3 rings (SSSR count). The number of hydrogen-bond acceptors (Lipinski definition) is 2. The summed E-state index contributed by atoms with van der Waals surface area (Å²) in [4.78, 5) is 5.77. The highest BCUT2D eigenvalue weighted by molar-refractivity contribution is 9.10. The first-order chi connectivity index (χ1) is 9.24. The predicted octanol–water partition coefficient (Wildman–Crippen LogP) is 1.11. The number of para-hydroxylation sites is 1. The van der Waals surface area contributed by atoms with E-state index in [0.717, 1.165) is 9.27 Å². The molecule has 0 amide bonds. The van der Waals surface area contributed by atoms with Gasteiger partial charge in [0.25, 0.3) is 0 Å². The molecule has 0 bridgehead atoms. The van der Waals surface area contributed by atoms with E-state index in [-0.39, 0.29) is 17.0 Å². The Bertz CT molecular complexity index is 772. The second kappa shape index (κ2) is 6.70. The van der Waals surface area contributed by atoms with Gasteiger partial charge in [-0.1, -0.05) is 51.5 Å². The molecule has 0 aliphatic carbocycles. The Morgan fingerprint density at radius 3 is 2.50 bits per heavy atom. The second-order valence-electron chi connectivity index (χ2n) is 4.35. The molecule has 2 nitrogen and oxygen atoms in total. The molecule has 0 unspecified atom stereocenters. The topological polar surface area (TPSA) is 17.3 Å². The Morgan fingerprint density at radius 2 is 1.80 bits per heavy atom. The zero-order chi connectivity index (χ0) is 13.2. The van der Waals surface area contributed by atoms with Crippen LogP contribution in [0, 0.1) is 0 Å². The Morgan fingerprint density at radius 1 is 1.10 bits per heavy atom. The van der Waals surface area contributed by atoms with Crippen LogP contribution in [0.1, 0.15) is 5.56 Å². The molecule has 3 aromatic rings. The normalized spacial score (nSPS) is 11.6. The average molecular weight is 413 g/mol. The first-order valence-corrected chi connectivity index (χ1v) is 7.64. The van der Waals surface area contributed by atoms with Gasteiger partial charge in [0.2, 0.25) is 0 Å². The van der Waals surface area contributed by atoms with Gasteiger partial charge in [-0.15, -0.1) is 0 Å². The summed E-state index contributed by atoms with van der Waals surface area (Å²) in [6.07, 6.45) is 0. The minimum absolute atomic E-state index is 0. The number of halogens is 2. The van der Waals surface area contributed by atoms with Crippen LogP contribution in [0.2, 0.25) is 0 Å². The molecule has 2 aromatic carbocycles. The van der Waals surface area contributed by atoms with E-state index in [1.165, 1.54) is 15.8 Å². The van der Waals surface area contributed by atoms with Gasteiger partial charge in [0.1, 0.15) is 0 Å². The third-order valence-corrected chi connectivity index (χ3v) is 4.70. The number of fused-ring (bicyclic) bond motifs is 1. The van der Waals surface area contributed by atoms with Gasteiger partial charge in [-0.3, -0.25) is 4.99 Å². The lowest BCUT2D eigenvalue weighted by Crippen LogP contribution is -3.00. The Hall–Kier alpha value is -0.910. The molecule has 1 aromatic heterocycles. The lowest BCUT2D eigenvalue weighted by Gasteiger charge is -1.97. The van der Waals surface area contributed by atoms with Crippen molar-refractivity contribution in [2.24, 2.45) is 12.0 Å². The van der Waals surface area contributed by atoms with Crippen LogP contribution in [0.4, 0.5) is 0 Å². The summed E-state index contributed by atoms with van der Waals surface area (Å²) < 4.78 is 4.53. The molecular weight excluding hydrogens is 400 g/mol. The monoisotopic (exact) mass is 411 g/mol. The third-order valence-electron chi connectivity index (χ3n) is 3.02.